The van der Waals surface area contributed by atoms with Crippen LogP contribution in [0.15, 0.2) is 21.8 Å². The molecule has 1 aromatic heterocycles. The van der Waals surface area contributed by atoms with E-state index < -0.39 is 0 Å². The second-order valence-electron chi connectivity index (χ2n) is 5.60. The van der Waals surface area contributed by atoms with Crippen LogP contribution in [0.3, 0.4) is 0 Å². The summed E-state index contributed by atoms with van der Waals surface area (Å²) in [6.45, 7) is 9.45. The second kappa shape index (κ2) is 7.47. The lowest BCUT2D eigenvalue weighted by molar-refractivity contribution is 0.548. The molecule has 1 heterocycles. The Morgan fingerprint density at radius 1 is 1.47 bits per heavy atom. The van der Waals surface area contributed by atoms with E-state index in [1.54, 1.807) is 11.3 Å². The Labute approximate surface area is 137 Å². The molecule has 3 nitrogen and oxygen atoms in total. The van der Waals surface area contributed by atoms with E-state index in [-0.39, 0.29) is 24.0 Å². The van der Waals surface area contributed by atoms with E-state index in [1.807, 2.05) is 0 Å². The average molecular weight is 393 g/mol. The van der Waals surface area contributed by atoms with Crippen LogP contribution in [0, 0.1) is 11.3 Å². The van der Waals surface area contributed by atoms with Crippen molar-refractivity contribution in [2.45, 2.75) is 33.7 Å². The van der Waals surface area contributed by atoms with Crippen LogP contribution in [0.2, 0.25) is 0 Å². The molecule has 1 atom stereocenters. The molecule has 0 amide bonds. The predicted molar refractivity (Wildman–Crippen MR) is 94.4 cm³/mol. The molecule has 108 valence electrons. The number of guanidine groups is 1. The van der Waals surface area contributed by atoms with E-state index in [4.69, 9.17) is 0 Å². The van der Waals surface area contributed by atoms with Crippen molar-refractivity contribution in [1.29, 1.82) is 0 Å². The van der Waals surface area contributed by atoms with Crippen LogP contribution in [-0.4, -0.2) is 19.0 Å². The van der Waals surface area contributed by atoms with Gasteiger partial charge in [0, 0.05) is 13.1 Å². The molecule has 2 rings (SSSR count). The van der Waals surface area contributed by atoms with Gasteiger partial charge in [0.2, 0.25) is 0 Å². The smallest absolute Gasteiger partial charge is 0.191 e. The van der Waals surface area contributed by atoms with Crippen LogP contribution in [0.4, 0.5) is 0 Å². The van der Waals surface area contributed by atoms with E-state index in [0.29, 0.717) is 5.41 Å². The molecule has 1 saturated carbocycles. The van der Waals surface area contributed by atoms with Gasteiger partial charge >= 0.3 is 0 Å². The fraction of sp³-hybridized carbons (Fsp3) is 0.643. The van der Waals surface area contributed by atoms with E-state index in [1.165, 1.54) is 12.0 Å². The number of thiophene rings is 1. The maximum Gasteiger partial charge on any atom is 0.191 e. The largest absolute Gasteiger partial charge is 0.357 e. The monoisotopic (exact) mass is 393 g/mol. The summed E-state index contributed by atoms with van der Waals surface area (Å²) in [7, 11) is 0. The first kappa shape index (κ1) is 16.8. The summed E-state index contributed by atoms with van der Waals surface area (Å²) in [6, 6.07) is 2.13. The first-order valence-corrected chi connectivity index (χ1v) is 7.59. The predicted octanol–water partition coefficient (Wildman–Crippen LogP) is 3.47. The van der Waals surface area contributed by atoms with Crippen molar-refractivity contribution in [1.82, 2.24) is 10.6 Å². The third-order valence-corrected chi connectivity index (χ3v) is 4.31. The Kier molecular flexibility index (Phi) is 6.59. The molecule has 2 N–H and O–H groups in total. The highest BCUT2D eigenvalue weighted by atomic mass is 127. The molecule has 19 heavy (non-hydrogen) atoms. The Hall–Kier alpha value is -0.300. The van der Waals surface area contributed by atoms with Gasteiger partial charge in [-0.15, -0.1) is 24.0 Å². The lowest BCUT2D eigenvalue weighted by Crippen LogP contribution is -2.38. The number of hydrogen-bond donors (Lipinski definition) is 2. The van der Waals surface area contributed by atoms with E-state index in [0.717, 1.165) is 31.5 Å². The summed E-state index contributed by atoms with van der Waals surface area (Å²) in [5.41, 5.74) is 1.81. The van der Waals surface area contributed by atoms with Gasteiger partial charge in [-0.25, -0.2) is 4.99 Å². The van der Waals surface area contributed by atoms with E-state index in [9.17, 15) is 0 Å². The minimum Gasteiger partial charge on any atom is -0.357 e. The van der Waals surface area contributed by atoms with Gasteiger partial charge in [0.1, 0.15) is 0 Å². The SMILES string of the molecule is CCNC(=NCc1ccsc1)NCC1CC1(C)C.I. The number of nitrogens with one attached hydrogen (secondary N) is 2. The van der Waals surface area contributed by atoms with Gasteiger partial charge in [-0.05, 0) is 47.1 Å². The lowest BCUT2D eigenvalue weighted by Gasteiger charge is -2.11. The zero-order valence-electron chi connectivity index (χ0n) is 11.9. The maximum atomic E-state index is 4.60. The van der Waals surface area contributed by atoms with Crippen LogP contribution < -0.4 is 10.6 Å². The summed E-state index contributed by atoms with van der Waals surface area (Å²) in [5, 5.41) is 11.0. The molecular formula is C14H24IN3S. The molecule has 0 aromatic carbocycles. The fourth-order valence-corrected chi connectivity index (χ4v) is 2.70. The third kappa shape index (κ3) is 5.30. The Morgan fingerprint density at radius 2 is 2.21 bits per heavy atom. The van der Waals surface area contributed by atoms with Crippen molar-refractivity contribution in [2.24, 2.45) is 16.3 Å². The van der Waals surface area contributed by atoms with Crippen molar-refractivity contribution < 1.29 is 0 Å². The Bertz CT molecular complexity index is 401. The van der Waals surface area contributed by atoms with Crippen LogP contribution in [-0.2, 0) is 6.54 Å². The van der Waals surface area contributed by atoms with Crippen molar-refractivity contribution in [3.05, 3.63) is 22.4 Å². The second-order valence-corrected chi connectivity index (χ2v) is 6.38. The minimum atomic E-state index is 0. The number of nitrogens with zero attached hydrogens (tertiary/aromatic N) is 1. The topological polar surface area (TPSA) is 36.4 Å². The molecule has 0 saturated heterocycles. The van der Waals surface area contributed by atoms with Crippen LogP contribution in [0.25, 0.3) is 0 Å². The quantitative estimate of drug-likeness (QED) is 0.457. The van der Waals surface area contributed by atoms with Gasteiger partial charge in [0.25, 0.3) is 0 Å². The number of halogens is 1. The molecule has 1 fully saturated rings. The van der Waals surface area contributed by atoms with Gasteiger partial charge < -0.3 is 10.6 Å². The minimum absolute atomic E-state index is 0. The molecule has 1 aliphatic carbocycles. The standard InChI is InChI=1S/C14H23N3S.HI/c1-4-15-13(16-8-11-5-6-18-10-11)17-9-12-7-14(12,2)3;/h5-6,10,12H,4,7-9H2,1-3H3,(H2,15,16,17);1H. The van der Waals surface area contributed by atoms with Gasteiger partial charge in [-0.2, -0.15) is 11.3 Å². The molecule has 0 aliphatic heterocycles. The molecule has 5 heteroatoms. The van der Waals surface area contributed by atoms with E-state index in [2.05, 4.69) is 53.2 Å². The van der Waals surface area contributed by atoms with Gasteiger partial charge in [0.05, 0.1) is 6.54 Å². The maximum absolute atomic E-state index is 4.60. The first-order valence-electron chi connectivity index (χ1n) is 6.65. The lowest BCUT2D eigenvalue weighted by atomic mass is 10.1. The summed E-state index contributed by atoms with van der Waals surface area (Å²) in [6.07, 6.45) is 1.32. The molecular weight excluding hydrogens is 369 g/mol. The number of aliphatic imine (C=N–C) groups is 1. The summed E-state index contributed by atoms with van der Waals surface area (Å²) < 4.78 is 0. The first-order chi connectivity index (χ1) is 8.62. The van der Waals surface area contributed by atoms with Crippen molar-refractivity contribution in [3.8, 4) is 0 Å². The van der Waals surface area contributed by atoms with Crippen molar-refractivity contribution in [2.75, 3.05) is 13.1 Å². The molecule has 0 spiro atoms. The highest BCUT2D eigenvalue weighted by Gasteiger charge is 2.45. The van der Waals surface area contributed by atoms with Gasteiger partial charge in [0.15, 0.2) is 5.96 Å². The van der Waals surface area contributed by atoms with Crippen LogP contribution in [0.5, 0.6) is 0 Å². The fourth-order valence-electron chi connectivity index (χ4n) is 2.04. The van der Waals surface area contributed by atoms with Crippen LogP contribution in [0.1, 0.15) is 32.8 Å². The highest BCUT2D eigenvalue weighted by molar-refractivity contribution is 14.0. The molecule has 1 unspecified atom stereocenters. The molecule has 0 bridgehead atoms. The molecule has 0 radical (unpaired) electrons. The molecule has 1 aromatic rings. The number of hydrogen-bond acceptors (Lipinski definition) is 2. The average Bonchev–Trinajstić information content (AvgIpc) is 2.77. The Morgan fingerprint density at radius 3 is 2.74 bits per heavy atom. The number of rotatable bonds is 5. The van der Waals surface area contributed by atoms with E-state index >= 15 is 0 Å². The summed E-state index contributed by atoms with van der Waals surface area (Å²) in [5.74, 6) is 1.73. The third-order valence-electron chi connectivity index (χ3n) is 3.58. The Balaban J connectivity index is 0.00000180. The van der Waals surface area contributed by atoms with Crippen molar-refractivity contribution in [3.63, 3.8) is 0 Å². The van der Waals surface area contributed by atoms with Gasteiger partial charge in [-0.3, -0.25) is 0 Å². The zero-order chi connectivity index (χ0) is 13.0. The zero-order valence-corrected chi connectivity index (χ0v) is 15.0. The normalized spacial score (nSPS) is 20.6. The molecule has 1 aliphatic rings. The summed E-state index contributed by atoms with van der Waals surface area (Å²) in [4.78, 5) is 4.60. The summed E-state index contributed by atoms with van der Waals surface area (Å²) >= 11 is 1.72. The highest BCUT2D eigenvalue weighted by Crippen LogP contribution is 2.50. The van der Waals surface area contributed by atoms with Crippen molar-refractivity contribution >= 4 is 41.3 Å². The van der Waals surface area contributed by atoms with Gasteiger partial charge in [-0.1, -0.05) is 13.8 Å². The van der Waals surface area contributed by atoms with Crippen LogP contribution >= 0.6 is 35.3 Å².